The van der Waals surface area contributed by atoms with Crippen LogP contribution in [0.15, 0.2) is 79.9 Å². The van der Waals surface area contributed by atoms with E-state index < -0.39 is 10.0 Å². The molecule has 0 aliphatic carbocycles. The zero-order valence-corrected chi connectivity index (χ0v) is 17.4. The third-order valence-electron chi connectivity index (χ3n) is 3.98. The third-order valence-corrected chi connectivity index (χ3v) is 5.74. The molecule has 0 atom stereocenters. The molecule has 158 valence electrons. The number of hydrogen-bond donors (Lipinski definition) is 2. The fourth-order valence-corrected chi connectivity index (χ4v) is 3.69. The molecule has 0 unspecified atom stereocenters. The number of nitrogens with two attached hydrogens (primary N) is 1. The van der Waals surface area contributed by atoms with Gasteiger partial charge in [-0.25, -0.2) is 18.5 Å². The number of nitrogens with one attached hydrogen (secondary N) is 1. The van der Waals surface area contributed by atoms with Crippen LogP contribution in [0.4, 0.5) is 5.69 Å². The van der Waals surface area contributed by atoms with E-state index in [1.807, 2.05) is 0 Å². The number of nitrogens with zero attached hydrogens (tertiary/aromatic N) is 3. The van der Waals surface area contributed by atoms with Gasteiger partial charge in [0.15, 0.2) is 17.2 Å². The van der Waals surface area contributed by atoms with Crippen LogP contribution >= 0.6 is 11.8 Å². The van der Waals surface area contributed by atoms with Crippen molar-refractivity contribution >= 4 is 33.4 Å². The smallest absolute Gasteiger partial charge is 0.238 e. The van der Waals surface area contributed by atoms with Crippen LogP contribution in [0, 0.1) is 0 Å². The van der Waals surface area contributed by atoms with Crippen molar-refractivity contribution in [2.24, 2.45) is 5.14 Å². The van der Waals surface area contributed by atoms with Gasteiger partial charge in [0.2, 0.25) is 21.1 Å². The van der Waals surface area contributed by atoms with E-state index in [0.717, 1.165) is 11.8 Å². The van der Waals surface area contributed by atoms with Crippen LogP contribution in [0.2, 0.25) is 0 Å². The Labute approximate surface area is 180 Å². The first-order valence-corrected chi connectivity index (χ1v) is 11.3. The molecule has 31 heavy (non-hydrogen) atoms. The number of primary sulfonamides is 1. The minimum Gasteiger partial charge on any atom is -0.463 e. The Morgan fingerprint density at radius 2 is 1.61 bits per heavy atom. The predicted molar refractivity (Wildman–Crippen MR) is 112 cm³/mol. The molecule has 10 nitrogen and oxygen atoms in total. The van der Waals surface area contributed by atoms with E-state index in [1.165, 1.54) is 36.8 Å². The van der Waals surface area contributed by atoms with E-state index in [1.54, 1.807) is 24.3 Å². The molecule has 3 heterocycles. The maximum atomic E-state index is 12.3. The summed E-state index contributed by atoms with van der Waals surface area (Å²) in [6, 6.07) is 12.5. The summed E-state index contributed by atoms with van der Waals surface area (Å²) in [4.78, 5) is 16.7. The second kappa shape index (κ2) is 8.71. The molecule has 0 bridgehead atoms. The highest BCUT2D eigenvalue weighted by Gasteiger charge is 2.18. The van der Waals surface area contributed by atoms with Gasteiger partial charge in [-0.05, 0) is 48.5 Å². The van der Waals surface area contributed by atoms with Crippen molar-refractivity contribution in [3.8, 4) is 22.9 Å². The average Bonchev–Trinajstić information content (AvgIpc) is 3.46. The molecule has 1 aromatic carbocycles. The molecule has 0 spiro atoms. The van der Waals surface area contributed by atoms with Crippen LogP contribution in [0.5, 0.6) is 0 Å². The first-order chi connectivity index (χ1) is 14.9. The van der Waals surface area contributed by atoms with E-state index in [0.29, 0.717) is 28.6 Å². The van der Waals surface area contributed by atoms with E-state index in [-0.39, 0.29) is 21.7 Å². The maximum absolute atomic E-state index is 12.3. The lowest BCUT2D eigenvalue weighted by Gasteiger charge is -2.07. The lowest BCUT2D eigenvalue weighted by Crippen LogP contribution is -2.15. The Kier molecular flexibility index (Phi) is 5.84. The number of thioether (sulfide) groups is 1. The van der Waals surface area contributed by atoms with Gasteiger partial charge in [0.05, 0.1) is 23.2 Å². The summed E-state index contributed by atoms with van der Waals surface area (Å²) < 4.78 is 33.4. The molecule has 0 radical (unpaired) electrons. The summed E-state index contributed by atoms with van der Waals surface area (Å²) in [5.74, 6) is 0.661. The van der Waals surface area contributed by atoms with Crippen molar-refractivity contribution in [3.63, 3.8) is 0 Å². The van der Waals surface area contributed by atoms with Gasteiger partial charge in [0.1, 0.15) is 5.69 Å². The van der Waals surface area contributed by atoms with Crippen molar-refractivity contribution < 1.29 is 22.0 Å². The molecule has 4 rings (SSSR count). The molecule has 3 aromatic heterocycles. The Bertz CT molecular complexity index is 1290. The van der Waals surface area contributed by atoms with E-state index in [2.05, 4.69) is 20.5 Å². The largest absolute Gasteiger partial charge is 0.463 e. The Balaban J connectivity index is 1.46. The number of aromatic nitrogens is 3. The quantitative estimate of drug-likeness (QED) is 0.399. The summed E-state index contributed by atoms with van der Waals surface area (Å²) in [6.45, 7) is 0. The average molecular weight is 457 g/mol. The molecule has 0 saturated heterocycles. The molecule has 1 amide bonds. The normalized spacial score (nSPS) is 11.4. The van der Waals surface area contributed by atoms with Crippen LogP contribution in [0.1, 0.15) is 0 Å². The number of furan rings is 2. The van der Waals surface area contributed by atoms with Crippen molar-refractivity contribution in [1.82, 2.24) is 15.2 Å². The second-order valence-electron chi connectivity index (χ2n) is 6.15. The van der Waals surface area contributed by atoms with Gasteiger partial charge < -0.3 is 14.2 Å². The molecular formula is C19H15N5O5S2. The molecule has 0 aliphatic heterocycles. The number of sulfonamides is 1. The molecule has 0 fully saturated rings. The van der Waals surface area contributed by atoms with E-state index in [4.69, 9.17) is 14.0 Å². The van der Waals surface area contributed by atoms with E-state index >= 15 is 0 Å². The minimum absolute atomic E-state index is 0.0102. The molecule has 3 N–H and O–H groups in total. The summed E-state index contributed by atoms with van der Waals surface area (Å²) in [5.41, 5.74) is 1.29. The van der Waals surface area contributed by atoms with Crippen LogP contribution in [-0.2, 0) is 14.8 Å². The second-order valence-corrected chi connectivity index (χ2v) is 8.66. The number of amides is 1. The van der Waals surface area contributed by atoms with Crippen molar-refractivity contribution in [1.29, 1.82) is 0 Å². The van der Waals surface area contributed by atoms with Crippen LogP contribution in [0.25, 0.3) is 22.9 Å². The number of anilines is 1. The minimum atomic E-state index is -3.79. The van der Waals surface area contributed by atoms with Gasteiger partial charge in [0, 0.05) is 5.69 Å². The monoisotopic (exact) mass is 457 g/mol. The fourth-order valence-electron chi connectivity index (χ4n) is 2.59. The molecule has 0 aliphatic rings. The molecular weight excluding hydrogens is 442 g/mol. The zero-order chi connectivity index (χ0) is 21.8. The predicted octanol–water partition coefficient (Wildman–Crippen LogP) is 2.77. The Morgan fingerprint density at radius 1 is 0.968 bits per heavy atom. The highest BCUT2D eigenvalue weighted by atomic mass is 32.2. The first-order valence-electron chi connectivity index (χ1n) is 8.78. The maximum Gasteiger partial charge on any atom is 0.238 e. The number of carbonyl (C=O) groups excluding carboxylic acids is 1. The highest BCUT2D eigenvalue weighted by Crippen LogP contribution is 2.30. The van der Waals surface area contributed by atoms with Gasteiger partial charge in [0.25, 0.3) is 0 Å². The lowest BCUT2D eigenvalue weighted by atomic mass is 10.2. The Hall–Kier alpha value is -3.48. The molecule has 12 heteroatoms. The summed E-state index contributed by atoms with van der Waals surface area (Å²) >= 11 is 1.09. The van der Waals surface area contributed by atoms with Crippen LogP contribution in [0.3, 0.4) is 0 Å². The molecule has 4 aromatic rings. The highest BCUT2D eigenvalue weighted by molar-refractivity contribution is 7.99. The lowest BCUT2D eigenvalue weighted by molar-refractivity contribution is -0.113. The summed E-state index contributed by atoms with van der Waals surface area (Å²) in [7, 11) is -3.79. The van der Waals surface area contributed by atoms with Crippen LogP contribution < -0.4 is 10.5 Å². The van der Waals surface area contributed by atoms with Crippen molar-refractivity contribution in [3.05, 3.63) is 61.1 Å². The SMILES string of the molecule is NS(=O)(=O)c1ccc(NC(=O)CSc2nnc(-c3ccco3)c(-c3ccco3)n2)cc1. The van der Waals surface area contributed by atoms with Crippen LogP contribution in [-0.4, -0.2) is 35.3 Å². The standard InChI is InChI=1S/C19H15N5O5S2/c20-31(26,27)13-7-5-12(6-8-13)21-16(25)11-30-19-22-17(14-3-1-9-28-14)18(23-24-19)15-4-2-10-29-15/h1-10H,11H2,(H,21,25)(H2,20,26,27). The van der Waals surface area contributed by atoms with Gasteiger partial charge in [-0.1, -0.05) is 11.8 Å². The molecule has 0 saturated carbocycles. The number of hydrogen-bond acceptors (Lipinski definition) is 9. The van der Waals surface area contributed by atoms with Gasteiger partial charge >= 0.3 is 0 Å². The Morgan fingerprint density at radius 3 is 2.19 bits per heavy atom. The third kappa shape index (κ3) is 4.99. The van der Waals surface area contributed by atoms with Crippen molar-refractivity contribution in [2.75, 3.05) is 11.1 Å². The van der Waals surface area contributed by atoms with Gasteiger partial charge in [-0.2, -0.15) is 0 Å². The number of rotatable bonds is 7. The topological polar surface area (TPSA) is 154 Å². The van der Waals surface area contributed by atoms with Gasteiger partial charge in [-0.15, -0.1) is 10.2 Å². The summed E-state index contributed by atoms with van der Waals surface area (Å²) in [6.07, 6.45) is 3.04. The fraction of sp³-hybridized carbons (Fsp3) is 0.0526. The van der Waals surface area contributed by atoms with E-state index in [9.17, 15) is 13.2 Å². The summed E-state index contributed by atoms with van der Waals surface area (Å²) in [5, 5.41) is 16.2. The number of benzene rings is 1. The van der Waals surface area contributed by atoms with Gasteiger partial charge in [-0.3, -0.25) is 4.79 Å². The zero-order valence-electron chi connectivity index (χ0n) is 15.8. The number of carbonyl (C=O) groups is 1. The van der Waals surface area contributed by atoms with Crippen molar-refractivity contribution in [2.45, 2.75) is 10.1 Å². The first kappa shape index (κ1) is 20.8.